The summed E-state index contributed by atoms with van der Waals surface area (Å²) in [6.45, 7) is 2.59. The van der Waals surface area contributed by atoms with Gasteiger partial charge in [-0.3, -0.25) is 14.6 Å². The van der Waals surface area contributed by atoms with E-state index >= 15 is 0 Å². The first-order chi connectivity index (χ1) is 23.2. The molecule has 2 aliphatic heterocycles. The number of halogens is 2. The van der Waals surface area contributed by atoms with Crippen LogP contribution >= 0.6 is 23.2 Å². The van der Waals surface area contributed by atoms with Gasteiger partial charge in [-0.1, -0.05) is 83.9 Å². The number of amidine groups is 1. The molecule has 0 spiro atoms. The molecule has 4 aromatic carbocycles. The third-order valence-corrected chi connectivity index (χ3v) is 10.6. The molecule has 1 saturated heterocycles. The van der Waals surface area contributed by atoms with Gasteiger partial charge in [0.1, 0.15) is 11.9 Å². The van der Waals surface area contributed by atoms with Gasteiger partial charge in [-0.2, -0.15) is 0 Å². The van der Waals surface area contributed by atoms with Crippen molar-refractivity contribution in [2.45, 2.75) is 30.2 Å². The van der Waals surface area contributed by atoms with Crippen LogP contribution in [0.3, 0.4) is 0 Å². The van der Waals surface area contributed by atoms with Crippen LogP contribution in [-0.2, 0) is 26.0 Å². The number of amides is 2. The number of hydrogen-bond acceptors (Lipinski definition) is 6. The normalized spacial score (nSPS) is 15.7. The van der Waals surface area contributed by atoms with Crippen molar-refractivity contribution in [3.8, 4) is 0 Å². The van der Waals surface area contributed by atoms with Crippen molar-refractivity contribution >= 4 is 67.2 Å². The topological polar surface area (TPSA) is 120 Å². The van der Waals surface area contributed by atoms with Crippen molar-refractivity contribution in [3.63, 3.8) is 0 Å². The SMILES string of the molecule is O=C(/C=C(/CNS(=O)(=O)c1ccc2ccccc2c1)c1ccc(Cl)c(Cl)c1)NC(Cc1ccc(C2=NCCN2)cc1)C(=O)N1CCCC1. The Hall–Kier alpha value is -4.22. The maximum atomic E-state index is 13.6. The zero-order valence-electron chi connectivity index (χ0n) is 26.1. The van der Waals surface area contributed by atoms with E-state index < -0.39 is 22.0 Å². The highest BCUT2D eigenvalue weighted by Crippen LogP contribution is 2.27. The number of sulfonamides is 1. The average molecular weight is 705 g/mol. The summed E-state index contributed by atoms with van der Waals surface area (Å²) in [6.07, 6.45) is 3.41. The highest BCUT2D eigenvalue weighted by molar-refractivity contribution is 7.89. The van der Waals surface area contributed by atoms with Crippen LogP contribution in [0.15, 0.2) is 101 Å². The second-order valence-corrected chi connectivity index (χ2v) is 14.4. The van der Waals surface area contributed by atoms with Gasteiger partial charge in [-0.05, 0) is 64.6 Å². The molecular weight excluding hydrogens is 669 g/mol. The van der Waals surface area contributed by atoms with Gasteiger partial charge < -0.3 is 15.5 Å². The van der Waals surface area contributed by atoms with Gasteiger partial charge in [0.15, 0.2) is 0 Å². The summed E-state index contributed by atoms with van der Waals surface area (Å²) in [5.41, 5.74) is 2.69. The van der Waals surface area contributed by atoms with Crippen molar-refractivity contribution < 1.29 is 18.0 Å². The average Bonchev–Trinajstić information content (AvgIpc) is 3.83. The van der Waals surface area contributed by atoms with Crippen LogP contribution in [0.1, 0.15) is 29.5 Å². The maximum absolute atomic E-state index is 13.6. The Morgan fingerprint density at radius 1 is 0.917 bits per heavy atom. The molecule has 9 nitrogen and oxygen atoms in total. The van der Waals surface area contributed by atoms with E-state index in [1.54, 1.807) is 41.3 Å². The van der Waals surface area contributed by atoms with E-state index in [1.165, 1.54) is 6.08 Å². The Morgan fingerprint density at radius 3 is 2.38 bits per heavy atom. The molecule has 0 saturated carbocycles. The molecule has 6 rings (SSSR count). The molecule has 2 aliphatic rings. The lowest BCUT2D eigenvalue weighted by Gasteiger charge is -2.24. The molecular formula is C36H35Cl2N5O4S. The van der Waals surface area contributed by atoms with Crippen LogP contribution < -0.4 is 15.4 Å². The molecule has 248 valence electrons. The number of benzene rings is 4. The van der Waals surface area contributed by atoms with Gasteiger partial charge in [-0.25, -0.2) is 13.1 Å². The van der Waals surface area contributed by atoms with E-state index in [9.17, 15) is 18.0 Å². The van der Waals surface area contributed by atoms with E-state index in [1.807, 2.05) is 48.5 Å². The van der Waals surface area contributed by atoms with Crippen LogP contribution in [0.25, 0.3) is 16.3 Å². The molecule has 0 aliphatic carbocycles. The van der Waals surface area contributed by atoms with Crippen LogP contribution in [0, 0.1) is 0 Å². The second-order valence-electron chi connectivity index (χ2n) is 11.8. The predicted octanol–water partition coefficient (Wildman–Crippen LogP) is 5.21. The monoisotopic (exact) mass is 703 g/mol. The largest absolute Gasteiger partial charge is 0.368 e. The standard InChI is InChI=1S/C36H35Cl2N5O4S/c37-31-14-12-28(21-32(31)38)29(23-41-48(46,47)30-13-11-25-5-1-2-6-27(25)20-30)22-34(44)42-33(36(45)43-17-3-4-18-43)19-24-7-9-26(10-8-24)35-39-15-16-40-35/h1-2,5-14,20-22,33,41H,3-4,15-19,23H2,(H,39,40)(H,42,44)/b29-22-. The zero-order valence-corrected chi connectivity index (χ0v) is 28.4. The molecule has 1 unspecified atom stereocenters. The smallest absolute Gasteiger partial charge is 0.245 e. The van der Waals surface area contributed by atoms with Gasteiger partial charge in [0.25, 0.3) is 0 Å². The number of fused-ring (bicyclic) bond motifs is 1. The lowest BCUT2D eigenvalue weighted by Crippen LogP contribution is -2.48. The van der Waals surface area contributed by atoms with Gasteiger partial charge in [0, 0.05) is 44.2 Å². The van der Waals surface area contributed by atoms with Gasteiger partial charge in [0.05, 0.1) is 21.5 Å². The lowest BCUT2D eigenvalue weighted by atomic mass is 10.0. The molecule has 0 bridgehead atoms. The Morgan fingerprint density at radius 2 is 1.67 bits per heavy atom. The Kier molecular flexibility index (Phi) is 10.5. The van der Waals surface area contributed by atoms with Crippen molar-refractivity contribution in [2.75, 3.05) is 32.7 Å². The minimum Gasteiger partial charge on any atom is -0.368 e. The number of hydrogen-bond donors (Lipinski definition) is 3. The Labute approximate surface area is 290 Å². The summed E-state index contributed by atoms with van der Waals surface area (Å²) in [7, 11) is -3.96. The number of aliphatic imine (C=N–C) groups is 1. The maximum Gasteiger partial charge on any atom is 0.245 e. The molecule has 2 amide bonds. The van der Waals surface area contributed by atoms with E-state index in [4.69, 9.17) is 23.2 Å². The molecule has 12 heteroatoms. The minimum absolute atomic E-state index is 0.0946. The fourth-order valence-corrected chi connectivity index (χ4v) is 7.22. The van der Waals surface area contributed by atoms with Crippen LogP contribution in [0.5, 0.6) is 0 Å². The summed E-state index contributed by atoms with van der Waals surface area (Å²) < 4.78 is 29.4. The number of nitrogens with one attached hydrogen (secondary N) is 3. The first kappa shape index (κ1) is 33.7. The van der Waals surface area contributed by atoms with Gasteiger partial charge in [0.2, 0.25) is 21.8 Å². The molecule has 1 atom stereocenters. The Balaban J connectivity index is 1.24. The van der Waals surface area contributed by atoms with E-state index in [-0.39, 0.29) is 28.8 Å². The van der Waals surface area contributed by atoms with Crippen molar-refractivity contribution in [2.24, 2.45) is 4.99 Å². The quantitative estimate of drug-likeness (QED) is 0.185. The van der Waals surface area contributed by atoms with Crippen molar-refractivity contribution in [3.05, 3.63) is 118 Å². The number of rotatable bonds is 11. The molecule has 3 N–H and O–H groups in total. The fourth-order valence-electron chi connectivity index (χ4n) is 5.88. The van der Waals surface area contributed by atoms with Crippen LogP contribution in [0.4, 0.5) is 0 Å². The van der Waals surface area contributed by atoms with Crippen molar-refractivity contribution in [1.29, 1.82) is 0 Å². The zero-order chi connectivity index (χ0) is 33.7. The molecule has 1 fully saturated rings. The molecule has 2 heterocycles. The highest BCUT2D eigenvalue weighted by Gasteiger charge is 2.28. The Bertz CT molecular complexity index is 2010. The number of likely N-dealkylation sites (tertiary alicyclic amines) is 1. The summed E-state index contributed by atoms with van der Waals surface area (Å²) in [4.78, 5) is 33.6. The van der Waals surface area contributed by atoms with Crippen LogP contribution in [0.2, 0.25) is 10.0 Å². The third kappa shape index (κ3) is 8.07. The molecule has 0 aromatic heterocycles. The van der Waals surface area contributed by atoms with E-state index in [0.717, 1.165) is 53.7 Å². The second kappa shape index (κ2) is 14.9. The minimum atomic E-state index is -3.96. The summed E-state index contributed by atoms with van der Waals surface area (Å²) in [5.74, 6) is 0.142. The number of carbonyl (C=O) groups excluding carboxylic acids is 2. The third-order valence-electron chi connectivity index (χ3n) is 8.45. The van der Waals surface area contributed by atoms with E-state index in [2.05, 4.69) is 20.3 Å². The summed E-state index contributed by atoms with van der Waals surface area (Å²) >= 11 is 12.5. The lowest BCUT2D eigenvalue weighted by molar-refractivity contribution is -0.134. The molecule has 0 radical (unpaired) electrons. The summed E-state index contributed by atoms with van der Waals surface area (Å²) in [5, 5.41) is 8.43. The van der Waals surface area contributed by atoms with Crippen LogP contribution in [-0.4, -0.2) is 69.7 Å². The predicted molar refractivity (Wildman–Crippen MR) is 191 cm³/mol. The fraction of sp³-hybridized carbons (Fsp3) is 0.250. The van der Waals surface area contributed by atoms with Crippen molar-refractivity contribution in [1.82, 2.24) is 20.3 Å². The number of nitrogens with zero attached hydrogens (tertiary/aromatic N) is 2. The molecule has 4 aromatic rings. The number of carbonyl (C=O) groups is 2. The molecule has 48 heavy (non-hydrogen) atoms. The first-order valence-electron chi connectivity index (χ1n) is 15.8. The van der Waals surface area contributed by atoms with E-state index in [0.29, 0.717) is 29.2 Å². The van der Waals surface area contributed by atoms with Gasteiger partial charge >= 0.3 is 0 Å². The first-order valence-corrected chi connectivity index (χ1v) is 18.0. The van der Waals surface area contributed by atoms with Gasteiger partial charge in [-0.15, -0.1) is 0 Å². The summed E-state index contributed by atoms with van der Waals surface area (Å²) in [6, 6.07) is 24.1. The highest BCUT2D eigenvalue weighted by atomic mass is 35.5.